The molecule has 1 aromatic rings. The molecule has 116 valence electrons. The molecule has 0 unspecified atom stereocenters. The average Bonchev–Trinajstić information content (AvgIpc) is 2.40. The number of hydrogen-bond donors (Lipinski definition) is 2. The van der Waals surface area contributed by atoms with Crippen LogP contribution in [0.15, 0.2) is 18.2 Å². The Kier molecular flexibility index (Phi) is 4.38. The van der Waals surface area contributed by atoms with Crippen molar-refractivity contribution in [3.63, 3.8) is 0 Å². The molecule has 1 saturated heterocycles. The summed E-state index contributed by atoms with van der Waals surface area (Å²) in [4.78, 5) is 14.2. The molecule has 0 aliphatic carbocycles. The van der Waals surface area contributed by atoms with Crippen LogP contribution in [0.5, 0.6) is 0 Å². The number of hydrogen-bond acceptors (Lipinski definition) is 4. The quantitative estimate of drug-likeness (QED) is 0.805. The number of para-hydroxylation sites is 1. The van der Waals surface area contributed by atoms with Gasteiger partial charge in [0.25, 0.3) is 5.91 Å². The number of anilines is 1. The monoisotopic (exact) mass is 302 g/mol. The second kappa shape index (κ2) is 5.90. The molecule has 1 amide bonds. The van der Waals surface area contributed by atoms with E-state index in [1.54, 1.807) is 5.01 Å². The molecule has 1 aromatic carbocycles. The number of piperazine rings is 1. The molecular formula is C13H17F3N4O. The zero-order valence-corrected chi connectivity index (χ0v) is 11.6. The first-order valence-corrected chi connectivity index (χ1v) is 6.49. The SMILES string of the molecule is CN1CCN(NC(=O)c2cccc(C(F)(F)F)c2N)CC1. The van der Waals surface area contributed by atoms with E-state index < -0.39 is 23.3 Å². The molecule has 0 radical (unpaired) electrons. The largest absolute Gasteiger partial charge is 0.418 e. The van der Waals surface area contributed by atoms with Crippen molar-refractivity contribution >= 4 is 11.6 Å². The van der Waals surface area contributed by atoms with E-state index in [1.807, 2.05) is 7.05 Å². The van der Waals surface area contributed by atoms with Gasteiger partial charge in [0.15, 0.2) is 0 Å². The normalized spacial score (nSPS) is 17.7. The van der Waals surface area contributed by atoms with Crippen molar-refractivity contribution in [2.75, 3.05) is 39.0 Å². The van der Waals surface area contributed by atoms with Crippen LogP contribution in [-0.2, 0) is 6.18 Å². The number of nitrogens with one attached hydrogen (secondary N) is 1. The van der Waals surface area contributed by atoms with Crippen LogP contribution in [0.1, 0.15) is 15.9 Å². The summed E-state index contributed by atoms with van der Waals surface area (Å²) in [7, 11) is 1.96. The number of halogens is 3. The first-order chi connectivity index (χ1) is 9.79. The van der Waals surface area contributed by atoms with Crippen molar-refractivity contribution in [3.8, 4) is 0 Å². The van der Waals surface area contributed by atoms with E-state index >= 15 is 0 Å². The van der Waals surface area contributed by atoms with Crippen molar-refractivity contribution < 1.29 is 18.0 Å². The fraction of sp³-hybridized carbons (Fsp3) is 0.462. The maximum Gasteiger partial charge on any atom is 0.418 e. The molecule has 1 aliphatic rings. The Labute approximate surface area is 120 Å². The first-order valence-electron chi connectivity index (χ1n) is 6.49. The molecule has 0 saturated carbocycles. The van der Waals surface area contributed by atoms with Gasteiger partial charge in [0.1, 0.15) is 0 Å². The summed E-state index contributed by atoms with van der Waals surface area (Å²) in [5, 5.41) is 1.68. The lowest BCUT2D eigenvalue weighted by atomic mass is 10.1. The van der Waals surface area contributed by atoms with Crippen LogP contribution in [-0.4, -0.2) is 49.0 Å². The van der Waals surface area contributed by atoms with Gasteiger partial charge in [-0.05, 0) is 19.2 Å². The highest BCUT2D eigenvalue weighted by molar-refractivity contribution is 5.99. The minimum Gasteiger partial charge on any atom is -0.398 e. The van der Waals surface area contributed by atoms with Crippen molar-refractivity contribution in [1.82, 2.24) is 15.3 Å². The molecule has 1 fully saturated rings. The van der Waals surface area contributed by atoms with Crippen LogP contribution in [0.3, 0.4) is 0 Å². The highest BCUT2D eigenvalue weighted by atomic mass is 19.4. The van der Waals surface area contributed by atoms with Gasteiger partial charge in [-0.3, -0.25) is 10.2 Å². The number of nitrogens with two attached hydrogens (primary N) is 1. The number of nitrogen functional groups attached to an aromatic ring is 1. The summed E-state index contributed by atoms with van der Waals surface area (Å²) in [6.45, 7) is 2.78. The molecule has 0 aromatic heterocycles. The van der Waals surface area contributed by atoms with Crippen LogP contribution in [0.2, 0.25) is 0 Å². The van der Waals surface area contributed by atoms with E-state index in [-0.39, 0.29) is 5.56 Å². The number of benzene rings is 1. The van der Waals surface area contributed by atoms with Gasteiger partial charge in [-0.2, -0.15) is 13.2 Å². The van der Waals surface area contributed by atoms with Crippen molar-refractivity contribution in [2.24, 2.45) is 0 Å². The van der Waals surface area contributed by atoms with Gasteiger partial charge in [-0.15, -0.1) is 0 Å². The third-order valence-electron chi connectivity index (χ3n) is 3.42. The van der Waals surface area contributed by atoms with E-state index in [1.165, 1.54) is 12.1 Å². The zero-order valence-electron chi connectivity index (χ0n) is 11.6. The summed E-state index contributed by atoms with van der Waals surface area (Å²) in [5.41, 5.74) is 6.39. The van der Waals surface area contributed by atoms with E-state index in [0.717, 1.165) is 19.2 Å². The number of alkyl halides is 3. The number of carbonyl (C=O) groups excluding carboxylic acids is 1. The Morgan fingerprint density at radius 1 is 1.24 bits per heavy atom. The lowest BCUT2D eigenvalue weighted by Crippen LogP contribution is -2.52. The minimum atomic E-state index is -4.58. The second-order valence-electron chi connectivity index (χ2n) is 5.00. The molecule has 1 aliphatic heterocycles. The maximum absolute atomic E-state index is 12.8. The Morgan fingerprint density at radius 3 is 2.43 bits per heavy atom. The van der Waals surface area contributed by atoms with Crippen LogP contribution in [0.25, 0.3) is 0 Å². The third-order valence-corrected chi connectivity index (χ3v) is 3.42. The van der Waals surface area contributed by atoms with Gasteiger partial charge >= 0.3 is 6.18 Å². The molecule has 2 rings (SSSR count). The highest BCUT2D eigenvalue weighted by Crippen LogP contribution is 2.34. The predicted molar refractivity (Wildman–Crippen MR) is 72.4 cm³/mol. The summed E-state index contributed by atoms with van der Waals surface area (Å²) in [5.74, 6) is -0.622. The summed E-state index contributed by atoms with van der Waals surface area (Å²) in [6.07, 6.45) is -4.58. The van der Waals surface area contributed by atoms with E-state index in [9.17, 15) is 18.0 Å². The summed E-state index contributed by atoms with van der Waals surface area (Å²) < 4.78 is 38.3. The smallest absolute Gasteiger partial charge is 0.398 e. The molecule has 0 bridgehead atoms. The van der Waals surface area contributed by atoms with Crippen molar-refractivity contribution in [1.29, 1.82) is 0 Å². The maximum atomic E-state index is 12.8. The summed E-state index contributed by atoms with van der Waals surface area (Å²) in [6, 6.07) is 3.33. The molecule has 5 nitrogen and oxygen atoms in total. The van der Waals surface area contributed by atoms with Gasteiger partial charge < -0.3 is 10.6 Å². The number of hydrazine groups is 1. The fourth-order valence-corrected chi connectivity index (χ4v) is 2.13. The van der Waals surface area contributed by atoms with Crippen LogP contribution < -0.4 is 11.2 Å². The zero-order chi connectivity index (χ0) is 15.6. The molecule has 21 heavy (non-hydrogen) atoms. The molecule has 8 heteroatoms. The Morgan fingerprint density at radius 2 is 1.86 bits per heavy atom. The van der Waals surface area contributed by atoms with Gasteiger partial charge in [0.2, 0.25) is 0 Å². The Hall–Kier alpha value is -1.80. The fourth-order valence-electron chi connectivity index (χ4n) is 2.13. The topological polar surface area (TPSA) is 61.6 Å². The number of rotatable bonds is 2. The lowest BCUT2D eigenvalue weighted by molar-refractivity contribution is -0.136. The first kappa shape index (κ1) is 15.6. The van der Waals surface area contributed by atoms with Gasteiger partial charge in [0.05, 0.1) is 16.8 Å². The Bertz CT molecular complexity index is 525. The number of likely N-dealkylation sites (N-methyl/N-ethyl adjacent to an activating group) is 1. The Balaban J connectivity index is 2.13. The molecule has 0 atom stereocenters. The highest BCUT2D eigenvalue weighted by Gasteiger charge is 2.34. The van der Waals surface area contributed by atoms with Gasteiger partial charge in [-0.1, -0.05) is 6.07 Å². The number of amides is 1. The van der Waals surface area contributed by atoms with Crippen LogP contribution in [0.4, 0.5) is 18.9 Å². The minimum absolute atomic E-state index is 0.163. The lowest BCUT2D eigenvalue weighted by Gasteiger charge is -2.32. The molecule has 3 N–H and O–H groups in total. The van der Waals surface area contributed by atoms with Crippen LogP contribution in [0, 0.1) is 0 Å². The van der Waals surface area contributed by atoms with Gasteiger partial charge in [0, 0.05) is 26.2 Å². The number of nitrogens with zero attached hydrogens (tertiary/aromatic N) is 2. The van der Waals surface area contributed by atoms with Crippen molar-refractivity contribution in [3.05, 3.63) is 29.3 Å². The summed E-state index contributed by atoms with van der Waals surface area (Å²) >= 11 is 0. The van der Waals surface area contributed by atoms with Crippen LogP contribution >= 0.6 is 0 Å². The van der Waals surface area contributed by atoms with Gasteiger partial charge in [-0.25, -0.2) is 5.01 Å². The third kappa shape index (κ3) is 3.64. The van der Waals surface area contributed by atoms with E-state index in [2.05, 4.69) is 10.3 Å². The van der Waals surface area contributed by atoms with E-state index in [4.69, 9.17) is 5.73 Å². The predicted octanol–water partition coefficient (Wildman–Crippen LogP) is 1.18. The average molecular weight is 302 g/mol. The second-order valence-corrected chi connectivity index (χ2v) is 5.00. The number of carbonyl (C=O) groups is 1. The van der Waals surface area contributed by atoms with E-state index in [0.29, 0.717) is 13.1 Å². The molecule has 1 heterocycles. The molecule has 0 spiro atoms. The molecular weight excluding hydrogens is 285 g/mol. The standard InChI is InChI=1S/C13H17F3N4O/c1-19-5-7-20(8-6-19)18-12(21)9-3-2-4-10(11(9)17)13(14,15)16/h2-4H,5-8,17H2,1H3,(H,18,21). The van der Waals surface area contributed by atoms with Crippen molar-refractivity contribution in [2.45, 2.75) is 6.18 Å².